The van der Waals surface area contributed by atoms with Gasteiger partial charge in [0, 0.05) is 25.1 Å². The van der Waals surface area contributed by atoms with E-state index in [-0.39, 0.29) is 0 Å². The molecule has 0 saturated heterocycles. The van der Waals surface area contributed by atoms with Gasteiger partial charge in [-0.1, -0.05) is 28.1 Å². The fraction of sp³-hybridized carbons (Fsp3) is 0.200. The van der Waals surface area contributed by atoms with E-state index in [2.05, 4.69) is 31.1 Å². The zero-order chi connectivity index (χ0) is 13.7. The quantitative estimate of drug-likeness (QED) is 0.572. The van der Waals surface area contributed by atoms with Gasteiger partial charge in [-0.25, -0.2) is 0 Å². The van der Waals surface area contributed by atoms with Gasteiger partial charge in [0.15, 0.2) is 0 Å². The van der Waals surface area contributed by atoms with E-state index in [0.29, 0.717) is 0 Å². The molecule has 19 heavy (non-hydrogen) atoms. The Balaban J connectivity index is 2.08. The molecular formula is C15H16BrN3. The fourth-order valence-electron chi connectivity index (χ4n) is 1.58. The minimum absolute atomic E-state index is 0.857. The third-order valence-electron chi connectivity index (χ3n) is 2.74. The molecule has 0 amide bonds. The zero-order valence-corrected chi connectivity index (χ0v) is 12.6. The molecule has 0 N–H and O–H groups in total. The average Bonchev–Trinajstić information content (AvgIpc) is 2.46. The van der Waals surface area contributed by atoms with Gasteiger partial charge in [-0.15, -0.1) is 0 Å². The van der Waals surface area contributed by atoms with E-state index in [0.717, 1.165) is 22.4 Å². The smallest absolute Gasteiger partial charge is 0.0858 e. The summed E-state index contributed by atoms with van der Waals surface area (Å²) in [5, 5.41) is 9.31. The van der Waals surface area contributed by atoms with Gasteiger partial charge >= 0.3 is 0 Å². The second kappa shape index (κ2) is 6.48. The lowest BCUT2D eigenvalue weighted by Crippen LogP contribution is -2.07. The summed E-state index contributed by atoms with van der Waals surface area (Å²) in [5.41, 5.74) is 4.10. The normalized spacial score (nSPS) is 10.9. The van der Waals surface area contributed by atoms with Crippen LogP contribution in [0.4, 0.5) is 17.1 Å². The van der Waals surface area contributed by atoms with Crippen LogP contribution in [0, 0.1) is 0 Å². The summed E-state index contributed by atoms with van der Waals surface area (Å²) in [6.07, 6.45) is 0. The number of halogens is 1. The maximum atomic E-state index is 4.23. The SMILES string of the molecule is CN(C)c1ccc(N=Nc2ccc(CBr)cc2)cc1. The van der Waals surface area contributed by atoms with Crippen molar-refractivity contribution >= 4 is 33.0 Å². The van der Waals surface area contributed by atoms with Crippen LogP contribution in [0.15, 0.2) is 58.8 Å². The second-order valence-electron chi connectivity index (χ2n) is 4.41. The Labute approximate surface area is 122 Å². The molecule has 0 aliphatic carbocycles. The maximum Gasteiger partial charge on any atom is 0.0858 e. The predicted molar refractivity (Wildman–Crippen MR) is 84.0 cm³/mol. The van der Waals surface area contributed by atoms with Crippen LogP contribution in [0.1, 0.15) is 5.56 Å². The number of anilines is 1. The molecule has 4 heteroatoms. The van der Waals surface area contributed by atoms with Crippen LogP contribution >= 0.6 is 15.9 Å². The number of azo groups is 1. The molecule has 0 unspecified atom stereocenters. The van der Waals surface area contributed by atoms with E-state index in [1.807, 2.05) is 62.6 Å². The summed E-state index contributed by atoms with van der Waals surface area (Å²) < 4.78 is 0. The number of nitrogens with zero attached hydrogens (tertiary/aromatic N) is 3. The molecule has 0 bridgehead atoms. The highest BCUT2D eigenvalue weighted by Gasteiger charge is 1.95. The van der Waals surface area contributed by atoms with Crippen molar-refractivity contribution in [1.29, 1.82) is 0 Å². The van der Waals surface area contributed by atoms with Gasteiger partial charge in [-0.05, 0) is 42.0 Å². The molecule has 0 aliphatic heterocycles. The zero-order valence-electron chi connectivity index (χ0n) is 11.0. The van der Waals surface area contributed by atoms with Crippen LogP contribution < -0.4 is 4.90 Å². The Morgan fingerprint density at radius 2 is 1.32 bits per heavy atom. The summed E-state index contributed by atoms with van der Waals surface area (Å²) in [7, 11) is 4.03. The summed E-state index contributed by atoms with van der Waals surface area (Å²) in [6, 6.07) is 16.0. The molecule has 0 aliphatic rings. The molecule has 3 nitrogen and oxygen atoms in total. The van der Waals surface area contributed by atoms with Crippen molar-refractivity contribution in [3.8, 4) is 0 Å². The first kappa shape index (κ1) is 13.7. The first-order chi connectivity index (χ1) is 9.19. The highest BCUT2D eigenvalue weighted by atomic mass is 79.9. The van der Waals surface area contributed by atoms with E-state index < -0.39 is 0 Å². The molecule has 98 valence electrons. The first-order valence-corrected chi connectivity index (χ1v) is 7.15. The van der Waals surface area contributed by atoms with E-state index in [4.69, 9.17) is 0 Å². The van der Waals surface area contributed by atoms with Crippen molar-refractivity contribution in [3.63, 3.8) is 0 Å². The summed E-state index contributed by atoms with van der Waals surface area (Å²) in [5.74, 6) is 0. The van der Waals surface area contributed by atoms with Crippen LogP contribution in [0.2, 0.25) is 0 Å². The van der Waals surface area contributed by atoms with Gasteiger partial charge in [-0.3, -0.25) is 0 Å². The van der Waals surface area contributed by atoms with E-state index in [1.165, 1.54) is 5.56 Å². The van der Waals surface area contributed by atoms with Crippen molar-refractivity contribution in [2.75, 3.05) is 19.0 Å². The third kappa shape index (κ3) is 3.89. The Kier molecular flexibility index (Phi) is 4.68. The highest BCUT2D eigenvalue weighted by molar-refractivity contribution is 9.08. The number of benzene rings is 2. The molecule has 0 heterocycles. The lowest BCUT2D eigenvalue weighted by Gasteiger charge is -2.11. The van der Waals surface area contributed by atoms with Crippen LogP contribution in [0.5, 0.6) is 0 Å². The van der Waals surface area contributed by atoms with Crippen molar-refractivity contribution in [2.24, 2.45) is 10.2 Å². The number of rotatable bonds is 4. The Morgan fingerprint density at radius 1 is 0.842 bits per heavy atom. The van der Waals surface area contributed by atoms with Crippen molar-refractivity contribution in [1.82, 2.24) is 0 Å². The predicted octanol–water partition coefficient (Wildman–Crippen LogP) is 5.06. The number of hydrogen-bond donors (Lipinski definition) is 0. The molecule has 0 fully saturated rings. The lowest BCUT2D eigenvalue weighted by molar-refractivity contribution is 1.13. The van der Waals surface area contributed by atoms with E-state index in [9.17, 15) is 0 Å². The van der Waals surface area contributed by atoms with E-state index in [1.54, 1.807) is 0 Å². The average molecular weight is 318 g/mol. The van der Waals surface area contributed by atoms with Crippen molar-refractivity contribution < 1.29 is 0 Å². The van der Waals surface area contributed by atoms with Crippen LogP contribution in [0.25, 0.3) is 0 Å². The van der Waals surface area contributed by atoms with Gasteiger partial charge in [0.05, 0.1) is 11.4 Å². The minimum Gasteiger partial charge on any atom is -0.378 e. The number of alkyl halides is 1. The van der Waals surface area contributed by atoms with Crippen LogP contribution in [-0.2, 0) is 5.33 Å². The minimum atomic E-state index is 0.857. The van der Waals surface area contributed by atoms with Gasteiger partial charge < -0.3 is 4.90 Å². The fourth-order valence-corrected chi connectivity index (χ4v) is 1.96. The Morgan fingerprint density at radius 3 is 1.74 bits per heavy atom. The van der Waals surface area contributed by atoms with Crippen LogP contribution in [0.3, 0.4) is 0 Å². The molecule has 0 atom stereocenters. The maximum absolute atomic E-state index is 4.23. The monoisotopic (exact) mass is 317 g/mol. The number of hydrogen-bond acceptors (Lipinski definition) is 3. The van der Waals surface area contributed by atoms with Gasteiger partial charge in [0.2, 0.25) is 0 Å². The summed E-state index contributed by atoms with van der Waals surface area (Å²) in [6.45, 7) is 0. The Hall–Kier alpha value is -1.68. The molecule has 2 aromatic rings. The van der Waals surface area contributed by atoms with Gasteiger partial charge in [-0.2, -0.15) is 10.2 Å². The highest BCUT2D eigenvalue weighted by Crippen LogP contribution is 2.21. The van der Waals surface area contributed by atoms with Gasteiger partial charge in [0.25, 0.3) is 0 Å². The van der Waals surface area contributed by atoms with Crippen molar-refractivity contribution in [2.45, 2.75) is 5.33 Å². The first-order valence-electron chi connectivity index (χ1n) is 6.03. The van der Waals surface area contributed by atoms with E-state index >= 15 is 0 Å². The molecule has 0 aromatic heterocycles. The molecule has 2 rings (SSSR count). The lowest BCUT2D eigenvalue weighted by atomic mass is 10.2. The van der Waals surface area contributed by atoms with Crippen molar-refractivity contribution in [3.05, 3.63) is 54.1 Å². The van der Waals surface area contributed by atoms with Crippen LogP contribution in [-0.4, -0.2) is 14.1 Å². The second-order valence-corrected chi connectivity index (χ2v) is 4.97. The molecule has 0 saturated carbocycles. The largest absolute Gasteiger partial charge is 0.378 e. The Bertz CT molecular complexity index is 545. The molecular weight excluding hydrogens is 302 g/mol. The molecule has 2 aromatic carbocycles. The standard InChI is InChI=1S/C15H16BrN3/c1-19(2)15-9-7-14(8-10-15)18-17-13-5-3-12(11-16)4-6-13/h3-10H,11H2,1-2H3. The summed E-state index contributed by atoms with van der Waals surface area (Å²) in [4.78, 5) is 2.06. The topological polar surface area (TPSA) is 28.0 Å². The van der Waals surface area contributed by atoms with Gasteiger partial charge in [0.1, 0.15) is 0 Å². The third-order valence-corrected chi connectivity index (χ3v) is 3.39. The molecule has 0 spiro atoms. The summed E-state index contributed by atoms with van der Waals surface area (Å²) >= 11 is 3.42. The molecule has 0 radical (unpaired) electrons.